The lowest BCUT2D eigenvalue weighted by molar-refractivity contribution is -0.129. The number of carbonyl (C=O) groups is 3. The largest absolute Gasteiger partial charge is 0.391 e. The molecule has 0 bridgehead atoms. The van der Waals surface area contributed by atoms with E-state index in [4.69, 9.17) is 0 Å². The maximum absolute atomic E-state index is 12.8. The molecule has 1 saturated carbocycles. The van der Waals surface area contributed by atoms with Gasteiger partial charge in [0.05, 0.1) is 12.6 Å². The molecule has 3 atom stereocenters. The second kappa shape index (κ2) is 7.28. The summed E-state index contributed by atoms with van der Waals surface area (Å²) < 4.78 is 0. The fourth-order valence-corrected chi connectivity index (χ4v) is 3.83. The molecule has 0 radical (unpaired) electrons. The minimum atomic E-state index is -0.671. The Morgan fingerprint density at radius 1 is 1.19 bits per heavy atom. The number of aliphatic hydroxyl groups is 1. The molecule has 3 aliphatic rings. The molecule has 3 amide bonds. The quantitative estimate of drug-likeness (QED) is 0.520. The zero-order chi connectivity index (χ0) is 19.0. The van der Waals surface area contributed by atoms with E-state index in [1.54, 1.807) is 23.1 Å². The smallest absolute Gasteiger partial charge is 0.255 e. The SMILES string of the molecule is O=C(CNC(=O)C1c2ccccc2C(=O)N1C1CC1)NCC1CNCC1O. The van der Waals surface area contributed by atoms with Crippen LogP contribution >= 0.6 is 0 Å². The van der Waals surface area contributed by atoms with Crippen LogP contribution in [0.1, 0.15) is 34.8 Å². The highest BCUT2D eigenvalue weighted by atomic mass is 16.3. The summed E-state index contributed by atoms with van der Waals surface area (Å²) in [5, 5.41) is 18.2. The van der Waals surface area contributed by atoms with Gasteiger partial charge in [-0.3, -0.25) is 14.4 Å². The molecule has 1 aromatic carbocycles. The van der Waals surface area contributed by atoms with Crippen LogP contribution in [0.2, 0.25) is 0 Å². The van der Waals surface area contributed by atoms with Gasteiger partial charge in [0.25, 0.3) is 5.91 Å². The number of benzene rings is 1. The molecule has 2 heterocycles. The summed E-state index contributed by atoms with van der Waals surface area (Å²) in [6, 6.07) is 6.58. The van der Waals surface area contributed by atoms with Crippen molar-refractivity contribution < 1.29 is 19.5 Å². The molecule has 2 fully saturated rings. The standard InChI is InChI=1S/C19H24N4O4/c24-15-9-20-7-11(15)8-21-16(25)10-22-18(26)17-13-3-1-2-4-14(13)19(27)23(17)12-5-6-12/h1-4,11-12,15,17,20,24H,5-10H2,(H,21,25)(H,22,26). The lowest BCUT2D eigenvalue weighted by Gasteiger charge is -2.24. The van der Waals surface area contributed by atoms with Crippen LogP contribution in [-0.2, 0) is 9.59 Å². The number of carbonyl (C=O) groups excluding carboxylic acids is 3. The van der Waals surface area contributed by atoms with Crippen LogP contribution in [0.3, 0.4) is 0 Å². The molecule has 144 valence electrons. The van der Waals surface area contributed by atoms with Gasteiger partial charge < -0.3 is 26.0 Å². The molecule has 1 aromatic rings. The van der Waals surface area contributed by atoms with E-state index in [1.807, 2.05) is 6.07 Å². The van der Waals surface area contributed by atoms with Crippen molar-refractivity contribution in [3.63, 3.8) is 0 Å². The summed E-state index contributed by atoms with van der Waals surface area (Å²) in [6.07, 6.45) is 1.34. The van der Waals surface area contributed by atoms with Crippen molar-refractivity contribution in [1.29, 1.82) is 0 Å². The van der Waals surface area contributed by atoms with Gasteiger partial charge in [-0.2, -0.15) is 0 Å². The van der Waals surface area contributed by atoms with Gasteiger partial charge in [-0.05, 0) is 24.5 Å². The highest BCUT2D eigenvalue weighted by Crippen LogP contribution is 2.41. The van der Waals surface area contributed by atoms with Crippen LogP contribution < -0.4 is 16.0 Å². The van der Waals surface area contributed by atoms with Crippen molar-refractivity contribution in [2.75, 3.05) is 26.2 Å². The third kappa shape index (κ3) is 3.54. The van der Waals surface area contributed by atoms with Gasteiger partial charge in [0, 0.05) is 37.2 Å². The zero-order valence-electron chi connectivity index (χ0n) is 15.0. The minimum Gasteiger partial charge on any atom is -0.391 e. The molecule has 1 aliphatic carbocycles. The monoisotopic (exact) mass is 372 g/mol. The van der Waals surface area contributed by atoms with Gasteiger partial charge >= 0.3 is 0 Å². The number of β-amino-alcohol motifs (C(OH)–C–C–N with tert-alkyl or cyclic N) is 1. The van der Waals surface area contributed by atoms with E-state index in [2.05, 4.69) is 16.0 Å². The van der Waals surface area contributed by atoms with Crippen molar-refractivity contribution in [3.8, 4) is 0 Å². The molecule has 0 spiro atoms. The first kappa shape index (κ1) is 17.9. The second-order valence-corrected chi connectivity index (χ2v) is 7.44. The molecule has 4 N–H and O–H groups in total. The summed E-state index contributed by atoms with van der Waals surface area (Å²) in [5.41, 5.74) is 1.27. The van der Waals surface area contributed by atoms with Crippen LogP contribution in [0.4, 0.5) is 0 Å². The Morgan fingerprint density at radius 2 is 1.96 bits per heavy atom. The summed E-state index contributed by atoms with van der Waals surface area (Å²) in [7, 11) is 0. The van der Waals surface area contributed by atoms with Crippen LogP contribution in [0.5, 0.6) is 0 Å². The maximum Gasteiger partial charge on any atom is 0.255 e. The number of hydrogen-bond acceptors (Lipinski definition) is 5. The third-order valence-electron chi connectivity index (χ3n) is 5.48. The van der Waals surface area contributed by atoms with Gasteiger partial charge in [0.2, 0.25) is 11.8 Å². The van der Waals surface area contributed by atoms with E-state index in [-0.39, 0.29) is 36.2 Å². The van der Waals surface area contributed by atoms with Crippen molar-refractivity contribution in [3.05, 3.63) is 35.4 Å². The van der Waals surface area contributed by atoms with Crippen molar-refractivity contribution in [1.82, 2.24) is 20.9 Å². The third-order valence-corrected chi connectivity index (χ3v) is 5.48. The van der Waals surface area contributed by atoms with E-state index in [1.165, 1.54) is 0 Å². The Labute approximate surface area is 157 Å². The van der Waals surface area contributed by atoms with Crippen molar-refractivity contribution >= 4 is 17.7 Å². The number of nitrogens with one attached hydrogen (secondary N) is 3. The van der Waals surface area contributed by atoms with Crippen molar-refractivity contribution in [2.45, 2.75) is 31.0 Å². The second-order valence-electron chi connectivity index (χ2n) is 7.44. The number of aliphatic hydroxyl groups excluding tert-OH is 1. The Balaban J connectivity index is 1.36. The van der Waals surface area contributed by atoms with Gasteiger partial charge in [-0.25, -0.2) is 0 Å². The molecule has 2 aliphatic heterocycles. The predicted octanol–water partition coefficient (Wildman–Crippen LogP) is -0.841. The normalized spacial score (nSPS) is 26.8. The molecule has 8 heteroatoms. The first-order valence-electron chi connectivity index (χ1n) is 9.41. The zero-order valence-corrected chi connectivity index (χ0v) is 15.0. The van der Waals surface area contributed by atoms with Crippen molar-refractivity contribution in [2.24, 2.45) is 5.92 Å². The fraction of sp³-hybridized carbons (Fsp3) is 0.526. The highest BCUT2D eigenvalue weighted by molar-refractivity contribution is 6.05. The molecular weight excluding hydrogens is 348 g/mol. The Bertz CT molecular complexity index is 764. The van der Waals surface area contributed by atoms with E-state index >= 15 is 0 Å². The van der Waals surface area contributed by atoms with Gasteiger partial charge in [0.1, 0.15) is 6.04 Å². The first-order valence-corrected chi connectivity index (χ1v) is 9.41. The van der Waals surface area contributed by atoms with E-state index in [9.17, 15) is 19.5 Å². The molecule has 1 saturated heterocycles. The summed E-state index contributed by atoms with van der Waals surface area (Å²) >= 11 is 0. The average molecular weight is 372 g/mol. The average Bonchev–Trinajstić information content (AvgIpc) is 3.36. The Kier molecular flexibility index (Phi) is 4.84. The summed E-state index contributed by atoms with van der Waals surface area (Å²) in [5.74, 6) is -0.772. The van der Waals surface area contributed by atoms with Gasteiger partial charge in [-0.1, -0.05) is 18.2 Å². The Morgan fingerprint density at radius 3 is 2.67 bits per heavy atom. The Hall–Kier alpha value is -2.45. The van der Waals surface area contributed by atoms with E-state index < -0.39 is 12.1 Å². The number of rotatable bonds is 6. The van der Waals surface area contributed by atoms with Crippen LogP contribution in [0.15, 0.2) is 24.3 Å². The lowest BCUT2D eigenvalue weighted by Crippen LogP contribution is -2.45. The highest BCUT2D eigenvalue weighted by Gasteiger charge is 2.47. The fourth-order valence-electron chi connectivity index (χ4n) is 3.83. The number of nitrogens with zero attached hydrogens (tertiary/aromatic N) is 1. The summed E-state index contributed by atoms with van der Waals surface area (Å²) in [6.45, 7) is 1.40. The van der Waals surface area contributed by atoms with Crippen LogP contribution in [0.25, 0.3) is 0 Å². The van der Waals surface area contributed by atoms with E-state index in [0.717, 1.165) is 12.8 Å². The van der Waals surface area contributed by atoms with E-state index in [0.29, 0.717) is 30.8 Å². The number of fused-ring (bicyclic) bond motifs is 1. The molecule has 27 heavy (non-hydrogen) atoms. The predicted molar refractivity (Wildman–Crippen MR) is 96.8 cm³/mol. The number of amides is 3. The van der Waals surface area contributed by atoms with Gasteiger partial charge in [-0.15, -0.1) is 0 Å². The molecule has 0 aromatic heterocycles. The van der Waals surface area contributed by atoms with Crippen LogP contribution in [0, 0.1) is 5.92 Å². The van der Waals surface area contributed by atoms with Gasteiger partial charge in [0.15, 0.2) is 0 Å². The summed E-state index contributed by atoms with van der Waals surface area (Å²) in [4.78, 5) is 39.1. The van der Waals surface area contributed by atoms with Crippen LogP contribution in [-0.4, -0.2) is 66.1 Å². The maximum atomic E-state index is 12.8. The minimum absolute atomic E-state index is 0.0191. The first-order chi connectivity index (χ1) is 13.1. The molecule has 4 rings (SSSR count). The number of hydrogen-bond donors (Lipinski definition) is 4. The molecular formula is C19H24N4O4. The topological polar surface area (TPSA) is 111 Å². The molecule has 8 nitrogen and oxygen atoms in total. The molecule has 3 unspecified atom stereocenters. The lowest BCUT2D eigenvalue weighted by atomic mass is 10.0.